The lowest BCUT2D eigenvalue weighted by Crippen LogP contribution is -2.35. The molecule has 1 saturated carbocycles. The summed E-state index contributed by atoms with van der Waals surface area (Å²) in [6.45, 7) is 5.20. The van der Waals surface area contributed by atoms with Gasteiger partial charge < -0.3 is 15.5 Å². The highest BCUT2D eigenvalue weighted by atomic mass is 15.2. The van der Waals surface area contributed by atoms with Gasteiger partial charge in [-0.2, -0.15) is 5.26 Å². The molecule has 6 nitrogen and oxygen atoms in total. The summed E-state index contributed by atoms with van der Waals surface area (Å²) in [5.74, 6) is 1.32. The van der Waals surface area contributed by atoms with Crippen molar-refractivity contribution in [3.63, 3.8) is 0 Å². The Morgan fingerprint density at radius 2 is 1.97 bits per heavy atom. The average Bonchev–Trinajstić information content (AvgIpc) is 3.31. The molecule has 2 aromatic rings. The minimum Gasteiger partial charge on any atom is -0.368 e. The van der Waals surface area contributed by atoms with Crippen LogP contribution in [0.25, 0.3) is 11.3 Å². The third-order valence-electron chi connectivity index (χ3n) is 6.89. The van der Waals surface area contributed by atoms with Crippen molar-refractivity contribution >= 4 is 11.6 Å². The molecule has 2 N–H and O–H groups in total. The van der Waals surface area contributed by atoms with Gasteiger partial charge in [0.05, 0.1) is 29.2 Å². The number of hydrogen-bond donors (Lipinski definition) is 2. The largest absolute Gasteiger partial charge is 0.368 e. The maximum atomic E-state index is 9.13. The normalized spacial score (nSPS) is 22.4. The molecule has 6 heteroatoms. The van der Waals surface area contributed by atoms with E-state index in [0.717, 1.165) is 49.7 Å². The van der Waals surface area contributed by atoms with Gasteiger partial charge in [0.1, 0.15) is 0 Å². The molecule has 0 radical (unpaired) electrons. The molecule has 0 amide bonds. The van der Waals surface area contributed by atoms with Crippen molar-refractivity contribution < 1.29 is 0 Å². The number of benzene rings is 1. The number of rotatable bonds is 5. The summed E-state index contributed by atoms with van der Waals surface area (Å²) in [5.41, 5.74) is 4.42. The quantitative estimate of drug-likeness (QED) is 0.817. The number of nitrogens with one attached hydrogen (secondary N) is 2. The molecule has 1 unspecified atom stereocenters. The molecular weight excluding hydrogens is 360 g/mol. The SMILES string of the molecule is N#Cc1ccc(-c2nc(NCC3CCNC3)ncc2N2CCC3(CC2)CC3)cc1. The lowest BCUT2D eigenvalue weighted by atomic mass is 9.93. The molecule has 1 spiro atoms. The Hall–Kier alpha value is -2.65. The van der Waals surface area contributed by atoms with Gasteiger partial charge in [0.15, 0.2) is 0 Å². The number of hydrogen-bond acceptors (Lipinski definition) is 6. The Morgan fingerprint density at radius 3 is 2.62 bits per heavy atom. The standard InChI is InChI=1S/C23H28N6/c24-13-17-1-3-19(4-2-17)21-20(29-11-8-23(6-7-23)9-12-29)16-27-22(28-21)26-15-18-5-10-25-14-18/h1-4,16,18,25H,5-12,14-15H2,(H,26,27,28). The van der Waals surface area contributed by atoms with E-state index in [1.165, 1.54) is 32.1 Å². The summed E-state index contributed by atoms with van der Waals surface area (Å²) in [6, 6.07) is 9.94. The molecule has 3 aliphatic rings. The van der Waals surface area contributed by atoms with Crippen molar-refractivity contribution in [3.05, 3.63) is 36.0 Å². The van der Waals surface area contributed by atoms with Crippen LogP contribution in [0.2, 0.25) is 0 Å². The summed E-state index contributed by atoms with van der Waals surface area (Å²) in [5, 5.41) is 16.0. The molecule has 150 valence electrons. The van der Waals surface area contributed by atoms with Crippen molar-refractivity contribution in [2.45, 2.75) is 32.1 Å². The number of nitrogens with zero attached hydrogens (tertiary/aromatic N) is 4. The van der Waals surface area contributed by atoms with Crippen LogP contribution < -0.4 is 15.5 Å². The fraction of sp³-hybridized carbons (Fsp3) is 0.522. The first-order valence-electron chi connectivity index (χ1n) is 10.8. The summed E-state index contributed by atoms with van der Waals surface area (Å²) in [7, 11) is 0. The first kappa shape index (κ1) is 18.4. The van der Waals surface area contributed by atoms with Crippen LogP contribution in [0.5, 0.6) is 0 Å². The zero-order valence-corrected chi connectivity index (χ0v) is 16.8. The average molecular weight is 389 g/mol. The van der Waals surface area contributed by atoms with Crippen molar-refractivity contribution in [2.24, 2.45) is 11.3 Å². The first-order valence-corrected chi connectivity index (χ1v) is 10.8. The third-order valence-corrected chi connectivity index (χ3v) is 6.89. The van der Waals surface area contributed by atoms with Crippen LogP contribution in [0, 0.1) is 22.7 Å². The van der Waals surface area contributed by atoms with Crippen molar-refractivity contribution in [1.29, 1.82) is 5.26 Å². The van der Waals surface area contributed by atoms with Gasteiger partial charge in [-0.3, -0.25) is 0 Å². The van der Waals surface area contributed by atoms with E-state index >= 15 is 0 Å². The second-order valence-corrected chi connectivity index (χ2v) is 8.84. The van der Waals surface area contributed by atoms with E-state index in [4.69, 9.17) is 10.2 Å². The molecule has 2 saturated heterocycles. The fourth-order valence-electron chi connectivity index (χ4n) is 4.63. The fourth-order valence-corrected chi connectivity index (χ4v) is 4.63. The van der Waals surface area contributed by atoms with Crippen LogP contribution in [0.1, 0.15) is 37.7 Å². The second-order valence-electron chi connectivity index (χ2n) is 8.84. The molecule has 2 aliphatic heterocycles. The Labute approximate surface area is 172 Å². The van der Waals surface area contributed by atoms with Gasteiger partial charge in [0.25, 0.3) is 0 Å². The lowest BCUT2D eigenvalue weighted by Gasteiger charge is -2.34. The number of aromatic nitrogens is 2. The first-order chi connectivity index (χ1) is 14.2. The van der Waals surface area contributed by atoms with Crippen LogP contribution in [0.3, 0.4) is 0 Å². The van der Waals surface area contributed by atoms with Crippen LogP contribution in [-0.2, 0) is 0 Å². The minimum absolute atomic E-state index is 0.633. The van der Waals surface area contributed by atoms with Crippen LogP contribution in [0.4, 0.5) is 11.6 Å². The molecule has 1 aliphatic carbocycles. The van der Waals surface area contributed by atoms with E-state index in [2.05, 4.69) is 26.6 Å². The Kier molecular flexibility index (Phi) is 4.84. The minimum atomic E-state index is 0.633. The molecule has 3 fully saturated rings. The van der Waals surface area contributed by atoms with Crippen molar-refractivity contribution in [3.8, 4) is 17.3 Å². The van der Waals surface area contributed by atoms with Gasteiger partial charge in [-0.15, -0.1) is 0 Å². The van der Waals surface area contributed by atoms with Crippen molar-refractivity contribution in [2.75, 3.05) is 42.9 Å². The zero-order chi connectivity index (χ0) is 19.7. The number of piperidine rings is 1. The van der Waals surface area contributed by atoms with Gasteiger partial charge in [-0.1, -0.05) is 12.1 Å². The molecule has 3 heterocycles. The number of nitriles is 1. The predicted octanol–water partition coefficient (Wildman–Crippen LogP) is 3.42. The Balaban J connectivity index is 1.41. The van der Waals surface area contributed by atoms with E-state index in [1.54, 1.807) is 0 Å². The maximum absolute atomic E-state index is 9.13. The summed E-state index contributed by atoms with van der Waals surface area (Å²) < 4.78 is 0. The number of anilines is 2. The molecular formula is C23H28N6. The van der Waals surface area contributed by atoms with Gasteiger partial charge in [-0.05, 0) is 68.7 Å². The molecule has 29 heavy (non-hydrogen) atoms. The molecule has 0 bridgehead atoms. The van der Waals surface area contributed by atoms with E-state index in [-0.39, 0.29) is 0 Å². The van der Waals surface area contributed by atoms with E-state index in [0.29, 0.717) is 22.8 Å². The highest BCUT2D eigenvalue weighted by Crippen LogP contribution is 2.54. The zero-order valence-electron chi connectivity index (χ0n) is 16.8. The predicted molar refractivity (Wildman–Crippen MR) is 115 cm³/mol. The van der Waals surface area contributed by atoms with Crippen molar-refractivity contribution in [1.82, 2.24) is 15.3 Å². The van der Waals surface area contributed by atoms with E-state index in [1.807, 2.05) is 30.5 Å². The van der Waals surface area contributed by atoms with Gasteiger partial charge in [-0.25, -0.2) is 9.97 Å². The van der Waals surface area contributed by atoms with E-state index in [9.17, 15) is 0 Å². The van der Waals surface area contributed by atoms with Crippen LogP contribution in [0.15, 0.2) is 30.5 Å². The van der Waals surface area contributed by atoms with Gasteiger partial charge >= 0.3 is 0 Å². The summed E-state index contributed by atoms with van der Waals surface area (Å²) in [6.07, 6.45) is 8.53. The van der Waals surface area contributed by atoms with E-state index < -0.39 is 0 Å². The molecule has 5 rings (SSSR count). The Bertz CT molecular complexity index is 896. The molecule has 1 atom stereocenters. The molecule has 1 aromatic carbocycles. The lowest BCUT2D eigenvalue weighted by molar-refractivity contribution is 0.384. The van der Waals surface area contributed by atoms with Crippen LogP contribution in [-0.4, -0.2) is 42.7 Å². The summed E-state index contributed by atoms with van der Waals surface area (Å²) in [4.78, 5) is 12.0. The Morgan fingerprint density at radius 1 is 1.17 bits per heavy atom. The van der Waals surface area contributed by atoms with Crippen LogP contribution >= 0.6 is 0 Å². The third kappa shape index (κ3) is 3.92. The smallest absolute Gasteiger partial charge is 0.223 e. The monoisotopic (exact) mass is 388 g/mol. The highest BCUT2D eigenvalue weighted by molar-refractivity contribution is 5.76. The topological polar surface area (TPSA) is 76.9 Å². The second kappa shape index (κ2) is 7.64. The molecule has 1 aromatic heterocycles. The maximum Gasteiger partial charge on any atom is 0.223 e. The summed E-state index contributed by atoms with van der Waals surface area (Å²) >= 11 is 0. The van der Waals surface area contributed by atoms with Gasteiger partial charge in [0, 0.05) is 25.2 Å². The highest BCUT2D eigenvalue weighted by Gasteiger charge is 2.44. The van der Waals surface area contributed by atoms with Gasteiger partial charge in [0.2, 0.25) is 5.95 Å².